The van der Waals surface area contributed by atoms with Crippen molar-refractivity contribution in [2.24, 2.45) is 7.05 Å². The molecule has 7 heteroatoms. The molecule has 0 radical (unpaired) electrons. The minimum atomic E-state index is -0.0274. The fraction of sp³-hybridized carbons (Fsp3) is 0.412. The smallest absolute Gasteiger partial charge is 0.261 e. The number of thioether (sulfide) groups is 1. The molecule has 24 heavy (non-hydrogen) atoms. The van der Waals surface area contributed by atoms with Crippen LogP contribution in [0, 0.1) is 0 Å². The van der Waals surface area contributed by atoms with E-state index in [1.165, 1.54) is 7.11 Å². The Morgan fingerprint density at radius 1 is 1.38 bits per heavy atom. The SMILES string of the molecule is COc1nn(C)cc1C(=O)N1CCS[C@H](c2ccccc2Cl)CC1. The lowest BCUT2D eigenvalue weighted by Gasteiger charge is -2.20. The van der Waals surface area contributed by atoms with Gasteiger partial charge in [-0.05, 0) is 18.1 Å². The Kier molecular flexibility index (Phi) is 5.36. The number of carbonyl (C=O) groups excluding carboxylic acids is 1. The predicted molar refractivity (Wildman–Crippen MR) is 96.9 cm³/mol. The van der Waals surface area contributed by atoms with Gasteiger partial charge in [0.2, 0.25) is 5.88 Å². The second-order valence-electron chi connectivity index (χ2n) is 5.69. The summed E-state index contributed by atoms with van der Waals surface area (Å²) >= 11 is 8.18. The number of amides is 1. The molecule has 3 rings (SSSR count). The van der Waals surface area contributed by atoms with E-state index in [2.05, 4.69) is 11.2 Å². The third kappa shape index (κ3) is 3.54. The largest absolute Gasteiger partial charge is 0.479 e. The average Bonchev–Trinajstić information content (AvgIpc) is 2.80. The summed E-state index contributed by atoms with van der Waals surface area (Å²) in [7, 11) is 3.32. The highest BCUT2D eigenvalue weighted by molar-refractivity contribution is 7.99. The Balaban J connectivity index is 1.73. The van der Waals surface area contributed by atoms with Crippen molar-refractivity contribution in [2.45, 2.75) is 11.7 Å². The van der Waals surface area contributed by atoms with Crippen molar-refractivity contribution >= 4 is 29.3 Å². The van der Waals surface area contributed by atoms with E-state index in [-0.39, 0.29) is 5.91 Å². The molecule has 1 aromatic carbocycles. The van der Waals surface area contributed by atoms with Crippen LogP contribution >= 0.6 is 23.4 Å². The number of aromatic nitrogens is 2. The van der Waals surface area contributed by atoms with Gasteiger partial charge in [0.1, 0.15) is 5.56 Å². The maximum Gasteiger partial charge on any atom is 0.261 e. The van der Waals surface area contributed by atoms with E-state index < -0.39 is 0 Å². The molecule has 0 N–H and O–H groups in total. The van der Waals surface area contributed by atoms with Crippen molar-refractivity contribution in [1.29, 1.82) is 0 Å². The van der Waals surface area contributed by atoms with Gasteiger partial charge in [-0.1, -0.05) is 29.8 Å². The summed E-state index contributed by atoms with van der Waals surface area (Å²) in [6.45, 7) is 1.41. The van der Waals surface area contributed by atoms with E-state index in [1.54, 1.807) is 17.9 Å². The zero-order chi connectivity index (χ0) is 17.1. The molecule has 1 aromatic heterocycles. The number of hydrogen-bond donors (Lipinski definition) is 0. The normalized spacial score (nSPS) is 18.3. The molecule has 1 aliphatic heterocycles. The first kappa shape index (κ1) is 17.2. The third-order valence-electron chi connectivity index (χ3n) is 4.10. The molecule has 0 aliphatic carbocycles. The minimum absolute atomic E-state index is 0.0274. The van der Waals surface area contributed by atoms with E-state index in [0.29, 0.717) is 29.8 Å². The van der Waals surface area contributed by atoms with E-state index in [4.69, 9.17) is 16.3 Å². The molecule has 1 atom stereocenters. The highest BCUT2D eigenvalue weighted by atomic mass is 35.5. The molecule has 2 heterocycles. The lowest BCUT2D eigenvalue weighted by Crippen LogP contribution is -2.33. The van der Waals surface area contributed by atoms with Crippen LogP contribution < -0.4 is 4.74 Å². The summed E-state index contributed by atoms with van der Waals surface area (Å²) in [5, 5.41) is 5.27. The number of aryl methyl sites for hydroxylation is 1. The number of rotatable bonds is 3. The van der Waals surface area contributed by atoms with E-state index in [1.807, 2.05) is 34.9 Å². The minimum Gasteiger partial charge on any atom is -0.479 e. The lowest BCUT2D eigenvalue weighted by atomic mass is 10.1. The van der Waals surface area contributed by atoms with Gasteiger partial charge in [0.25, 0.3) is 5.91 Å². The second kappa shape index (κ2) is 7.49. The summed E-state index contributed by atoms with van der Waals surface area (Å²) in [6, 6.07) is 7.95. The zero-order valence-corrected chi connectivity index (χ0v) is 15.3. The van der Waals surface area contributed by atoms with Gasteiger partial charge in [0.05, 0.1) is 7.11 Å². The highest BCUT2D eigenvalue weighted by Gasteiger charge is 2.26. The van der Waals surface area contributed by atoms with Crippen molar-refractivity contribution < 1.29 is 9.53 Å². The average molecular weight is 366 g/mol. The molecule has 0 bridgehead atoms. The molecule has 0 unspecified atom stereocenters. The van der Waals surface area contributed by atoms with Crippen LogP contribution in [0.15, 0.2) is 30.5 Å². The molecular formula is C17H20ClN3O2S. The zero-order valence-electron chi connectivity index (χ0n) is 13.7. The maximum atomic E-state index is 12.8. The Labute approximate surface area is 150 Å². The maximum absolute atomic E-state index is 12.8. The Hall–Kier alpha value is -1.66. The third-order valence-corrected chi connectivity index (χ3v) is 5.75. The Morgan fingerprint density at radius 3 is 2.92 bits per heavy atom. The highest BCUT2D eigenvalue weighted by Crippen LogP contribution is 2.38. The fourth-order valence-corrected chi connectivity index (χ4v) is 4.49. The van der Waals surface area contributed by atoms with Gasteiger partial charge in [-0.2, -0.15) is 11.8 Å². The monoisotopic (exact) mass is 365 g/mol. The van der Waals surface area contributed by atoms with Gasteiger partial charge >= 0.3 is 0 Å². The molecule has 1 saturated heterocycles. The van der Waals surface area contributed by atoms with Crippen molar-refractivity contribution in [3.8, 4) is 5.88 Å². The topological polar surface area (TPSA) is 47.4 Å². The molecule has 0 saturated carbocycles. The van der Waals surface area contributed by atoms with Gasteiger partial charge in [-0.15, -0.1) is 5.10 Å². The van der Waals surface area contributed by atoms with Crippen LogP contribution in [0.4, 0.5) is 0 Å². The summed E-state index contributed by atoms with van der Waals surface area (Å²) < 4.78 is 6.82. The molecule has 2 aromatic rings. The van der Waals surface area contributed by atoms with Crippen LogP contribution in [-0.2, 0) is 7.05 Å². The standard InChI is InChI=1S/C17H20ClN3O2S/c1-20-11-13(16(19-20)23-2)17(22)21-8-7-15(24-10-9-21)12-5-3-4-6-14(12)18/h3-6,11,15H,7-10H2,1-2H3/t15-/m0/s1. The Bertz CT molecular complexity index is 734. The first-order valence-electron chi connectivity index (χ1n) is 7.83. The van der Waals surface area contributed by atoms with E-state index in [9.17, 15) is 4.79 Å². The number of nitrogens with zero attached hydrogens (tertiary/aromatic N) is 3. The van der Waals surface area contributed by atoms with Crippen molar-refractivity contribution in [3.63, 3.8) is 0 Å². The van der Waals surface area contributed by atoms with Gasteiger partial charge in [0.15, 0.2) is 0 Å². The molecular weight excluding hydrogens is 346 g/mol. The van der Waals surface area contributed by atoms with Crippen LogP contribution in [0.3, 0.4) is 0 Å². The quantitative estimate of drug-likeness (QED) is 0.836. The van der Waals surface area contributed by atoms with Crippen molar-refractivity contribution in [1.82, 2.24) is 14.7 Å². The van der Waals surface area contributed by atoms with Crippen molar-refractivity contribution in [3.05, 3.63) is 46.6 Å². The number of benzene rings is 1. The molecule has 128 valence electrons. The molecule has 0 spiro atoms. The Morgan fingerprint density at radius 2 is 2.17 bits per heavy atom. The second-order valence-corrected chi connectivity index (χ2v) is 7.41. The first-order valence-corrected chi connectivity index (χ1v) is 9.25. The number of ether oxygens (including phenoxy) is 1. The molecule has 1 aliphatic rings. The number of methoxy groups -OCH3 is 1. The summed E-state index contributed by atoms with van der Waals surface area (Å²) in [5.41, 5.74) is 1.67. The molecule has 1 amide bonds. The predicted octanol–water partition coefficient (Wildman–Crippen LogP) is 3.40. The van der Waals surface area contributed by atoms with Crippen LogP contribution in [0.5, 0.6) is 5.88 Å². The molecule has 1 fully saturated rings. The van der Waals surface area contributed by atoms with Gasteiger partial charge in [-0.3, -0.25) is 9.48 Å². The van der Waals surface area contributed by atoms with Crippen LogP contribution in [0.25, 0.3) is 0 Å². The van der Waals surface area contributed by atoms with Gasteiger partial charge < -0.3 is 9.64 Å². The summed E-state index contributed by atoms with van der Waals surface area (Å²) in [4.78, 5) is 14.7. The van der Waals surface area contributed by atoms with Crippen LogP contribution in [0.2, 0.25) is 5.02 Å². The van der Waals surface area contributed by atoms with Gasteiger partial charge in [-0.25, -0.2) is 0 Å². The van der Waals surface area contributed by atoms with Gasteiger partial charge in [0, 0.05) is 42.4 Å². The first-order chi connectivity index (χ1) is 11.6. The number of carbonyl (C=O) groups is 1. The lowest BCUT2D eigenvalue weighted by molar-refractivity contribution is 0.0763. The number of hydrogen-bond acceptors (Lipinski definition) is 4. The number of halogens is 1. The fourth-order valence-electron chi connectivity index (χ4n) is 2.89. The van der Waals surface area contributed by atoms with Crippen LogP contribution in [0.1, 0.15) is 27.6 Å². The summed E-state index contributed by atoms with van der Waals surface area (Å²) in [6.07, 6.45) is 2.59. The summed E-state index contributed by atoms with van der Waals surface area (Å²) in [5.74, 6) is 1.23. The van der Waals surface area contributed by atoms with Crippen LogP contribution in [-0.4, -0.2) is 46.5 Å². The van der Waals surface area contributed by atoms with Crippen molar-refractivity contribution in [2.75, 3.05) is 26.0 Å². The van der Waals surface area contributed by atoms with E-state index in [0.717, 1.165) is 22.8 Å². The van der Waals surface area contributed by atoms with E-state index >= 15 is 0 Å². The molecule has 5 nitrogen and oxygen atoms in total.